The largest absolute Gasteiger partial charge is 0.508 e. The van der Waals surface area contributed by atoms with Crippen molar-refractivity contribution < 1.29 is 9.90 Å². The molecule has 4 nitrogen and oxygen atoms in total. The number of aryl methyl sites for hydroxylation is 1. The molecular formula is C14H20N2O2S. The molecule has 104 valence electrons. The zero-order valence-electron chi connectivity index (χ0n) is 11.5. The first-order valence-electron chi connectivity index (χ1n) is 6.25. The van der Waals surface area contributed by atoms with Gasteiger partial charge in [0, 0.05) is 24.6 Å². The van der Waals surface area contributed by atoms with Gasteiger partial charge < -0.3 is 15.7 Å². The van der Waals surface area contributed by atoms with Gasteiger partial charge in [-0.05, 0) is 37.6 Å². The lowest BCUT2D eigenvalue weighted by Gasteiger charge is -2.24. The number of carbonyl (C=O) groups is 1. The fourth-order valence-electron chi connectivity index (χ4n) is 1.75. The average molecular weight is 280 g/mol. The highest BCUT2D eigenvalue weighted by molar-refractivity contribution is 7.80. The summed E-state index contributed by atoms with van der Waals surface area (Å²) in [6.07, 6.45) is 0. The van der Waals surface area contributed by atoms with Gasteiger partial charge in [-0.2, -0.15) is 0 Å². The molecule has 5 heteroatoms. The first-order valence-corrected chi connectivity index (χ1v) is 6.65. The predicted molar refractivity (Wildman–Crippen MR) is 80.4 cm³/mol. The molecule has 0 bridgehead atoms. The number of carbonyl (C=O) groups excluding carboxylic acids is 1. The van der Waals surface area contributed by atoms with E-state index in [9.17, 15) is 9.90 Å². The lowest BCUT2D eigenvalue weighted by atomic mass is 10.1. The van der Waals surface area contributed by atoms with E-state index in [2.05, 4.69) is 0 Å². The minimum absolute atomic E-state index is 0.0166. The third-order valence-corrected chi connectivity index (χ3v) is 3.49. The highest BCUT2D eigenvalue weighted by Crippen LogP contribution is 2.18. The van der Waals surface area contributed by atoms with Crippen molar-refractivity contribution in [2.24, 2.45) is 11.7 Å². The zero-order chi connectivity index (χ0) is 14.6. The monoisotopic (exact) mass is 280 g/mol. The molecule has 3 N–H and O–H groups in total. The van der Waals surface area contributed by atoms with Gasteiger partial charge in [-0.3, -0.25) is 4.79 Å². The summed E-state index contributed by atoms with van der Waals surface area (Å²) in [5, 5.41) is 9.48. The Bertz CT molecular complexity index is 488. The van der Waals surface area contributed by atoms with Gasteiger partial charge in [0.25, 0.3) is 5.91 Å². The number of phenols is 1. The summed E-state index contributed by atoms with van der Waals surface area (Å²) in [7, 11) is 0. The van der Waals surface area contributed by atoms with Crippen LogP contribution in [0.1, 0.15) is 29.8 Å². The molecule has 0 aliphatic carbocycles. The summed E-state index contributed by atoms with van der Waals surface area (Å²) in [4.78, 5) is 14.5. The van der Waals surface area contributed by atoms with Gasteiger partial charge in [0.15, 0.2) is 0 Å². The highest BCUT2D eigenvalue weighted by atomic mass is 32.1. The molecule has 1 rings (SSSR count). The summed E-state index contributed by atoms with van der Waals surface area (Å²) in [5.74, 6) is 0.0990. The van der Waals surface area contributed by atoms with Crippen molar-refractivity contribution >= 4 is 23.1 Å². The third kappa shape index (κ3) is 3.92. The number of hydrogen-bond donors (Lipinski definition) is 2. The van der Waals surface area contributed by atoms with Crippen LogP contribution in [0.15, 0.2) is 18.2 Å². The smallest absolute Gasteiger partial charge is 0.253 e. The zero-order valence-corrected chi connectivity index (χ0v) is 12.3. The first kappa shape index (κ1) is 15.4. The Hall–Kier alpha value is -1.62. The normalized spacial score (nSPS) is 11.9. The number of nitrogens with two attached hydrogens (primary N) is 1. The molecule has 1 aromatic carbocycles. The quantitative estimate of drug-likeness (QED) is 0.810. The first-order chi connectivity index (χ1) is 8.86. The summed E-state index contributed by atoms with van der Waals surface area (Å²) in [6, 6.07) is 4.85. The Morgan fingerprint density at radius 3 is 2.63 bits per heavy atom. The molecule has 1 aromatic rings. The Balaban J connectivity index is 2.89. The van der Waals surface area contributed by atoms with Gasteiger partial charge in [0.05, 0.1) is 4.99 Å². The Morgan fingerprint density at radius 1 is 1.53 bits per heavy atom. The lowest BCUT2D eigenvalue weighted by Crippen LogP contribution is -2.38. The maximum Gasteiger partial charge on any atom is 0.253 e. The van der Waals surface area contributed by atoms with E-state index in [0.29, 0.717) is 29.2 Å². The molecule has 0 aliphatic rings. The molecule has 19 heavy (non-hydrogen) atoms. The van der Waals surface area contributed by atoms with Crippen LogP contribution in [0, 0.1) is 12.8 Å². The van der Waals surface area contributed by atoms with Gasteiger partial charge in [0.2, 0.25) is 0 Å². The molecule has 1 unspecified atom stereocenters. The van der Waals surface area contributed by atoms with Crippen molar-refractivity contribution in [3.63, 3.8) is 0 Å². The molecule has 1 amide bonds. The van der Waals surface area contributed by atoms with Crippen LogP contribution in [-0.4, -0.2) is 34.0 Å². The number of rotatable bonds is 5. The Labute approximate surface area is 119 Å². The molecule has 0 spiro atoms. The molecule has 0 saturated heterocycles. The van der Waals surface area contributed by atoms with Crippen molar-refractivity contribution in [1.82, 2.24) is 4.90 Å². The second-order valence-electron chi connectivity index (χ2n) is 4.65. The van der Waals surface area contributed by atoms with Gasteiger partial charge in [-0.1, -0.05) is 19.1 Å². The van der Waals surface area contributed by atoms with Crippen molar-refractivity contribution in [1.29, 1.82) is 0 Å². The molecule has 0 aliphatic heterocycles. The van der Waals surface area contributed by atoms with E-state index in [1.165, 1.54) is 6.07 Å². The van der Waals surface area contributed by atoms with E-state index in [-0.39, 0.29) is 17.6 Å². The van der Waals surface area contributed by atoms with Crippen molar-refractivity contribution in [2.75, 3.05) is 13.1 Å². The summed E-state index contributed by atoms with van der Waals surface area (Å²) in [5.41, 5.74) is 6.83. The van der Waals surface area contributed by atoms with Crippen LogP contribution in [0.5, 0.6) is 5.75 Å². The van der Waals surface area contributed by atoms with Crippen molar-refractivity contribution in [3.8, 4) is 5.75 Å². The topological polar surface area (TPSA) is 66.6 Å². The molecule has 0 aromatic heterocycles. The van der Waals surface area contributed by atoms with Crippen LogP contribution >= 0.6 is 12.2 Å². The molecule has 0 saturated carbocycles. The average Bonchev–Trinajstić information content (AvgIpc) is 2.37. The Kier molecular flexibility index (Phi) is 5.30. The van der Waals surface area contributed by atoms with Crippen molar-refractivity contribution in [3.05, 3.63) is 29.3 Å². The number of hydrogen-bond acceptors (Lipinski definition) is 3. The van der Waals surface area contributed by atoms with E-state index in [1.54, 1.807) is 24.0 Å². The van der Waals surface area contributed by atoms with E-state index in [4.69, 9.17) is 18.0 Å². The van der Waals surface area contributed by atoms with Crippen molar-refractivity contribution in [2.45, 2.75) is 20.8 Å². The highest BCUT2D eigenvalue weighted by Gasteiger charge is 2.18. The maximum absolute atomic E-state index is 12.4. The number of nitrogens with zero attached hydrogens (tertiary/aromatic N) is 1. The number of thiocarbonyl (C=S) groups is 1. The van der Waals surface area contributed by atoms with Crippen LogP contribution in [0.25, 0.3) is 0 Å². The minimum Gasteiger partial charge on any atom is -0.508 e. The van der Waals surface area contributed by atoms with Gasteiger partial charge in [0.1, 0.15) is 5.75 Å². The molecule has 1 atom stereocenters. The van der Waals surface area contributed by atoms with Gasteiger partial charge >= 0.3 is 0 Å². The van der Waals surface area contributed by atoms with E-state index < -0.39 is 0 Å². The number of aromatic hydroxyl groups is 1. The summed E-state index contributed by atoms with van der Waals surface area (Å²) >= 11 is 4.93. The maximum atomic E-state index is 12.4. The fraction of sp³-hybridized carbons (Fsp3) is 0.429. The third-order valence-electron chi connectivity index (χ3n) is 3.09. The van der Waals surface area contributed by atoms with Gasteiger partial charge in [-0.25, -0.2) is 0 Å². The number of benzene rings is 1. The van der Waals surface area contributed by atoms with Crippen LogP contribution < -0.4 is 5.73 Å². The molecule has 0 radical (unpaired) electrons. The molecule has 0 heterocycles. The standard InChI is InChI=1S/C14H20N2O2S/c1-4-16(8-10(3)13(15)19)14(18)11-5-6-12(17)9(2)7-11/h5-7,10,17H,4,8H2,1-3H3,(H2,15,19). The van der Waals surface area contributed by atoms with Crippen LogP contribution in [0.2, 0.25) is 0 Å². The lowest BCUT2D eigenvalue weighted by molar-refractivity contribution is 0.0755. The van der Waals surface area contributed by atoms with E-state index in [1.807, 2.05) is 13.8 Å². The summed E-state index contributed by atoms with van der Waals surface area (Å²) < 4.78 is 0. The molecular weight excluding hydrogens is 260 g/mol. The summed E-state index contributed by atoms with van der Waals surface area (Å²) in [6.45, 7) is 6.67. The molecule has 0 fully saturated rings. The minimum atomic E-state index is -0.0753. The predicted octanol–water partition coefficient (Wildman–Crippen LogP) is 2.08. The van der Waals surface area contributed by atoms with E-state index >= 15 is 0 Å². The second-order valence-corrected chi connectivity index (χ2v) is 5.12. The van der Waals surface area contributed by atoms with Crippen LogP contribution in [0.4, 0.5) is 0 Å². The van der Waals surface area contributed by atoms with E-state index in [0.717, 1.165) is 0 Å². The SMILES string of the molecule is CCN(CC(C)C(N)=S)C(=O)c1ccc(O)c(C)c1. The van der Waals surface area contributed by atoms with Gasteiger partial charge in [-0.15, -0.1) is 0 Å². The number of amides is 1. The fourth-order valence-corrected chi connectivity index (χ4v) is 1.82. The second kappa shape index (κ2) is 6.52. The Morgan fingerprint density at radius 2 is 2.16 bits per heavy atom. The van der Waals surface area contributed by atoms with Crippen LogP contribution in [0.3, 0.4) is 0 Å². The van der Waals surface area contributed by atoms with Crippen LogP contribution in [-0.2, 0) is 0 Å². The number of phenolic OH excluding ortho intramolecular Hbond substituents is 1.